The van der Waals surface area contributed by atoms with Crippen LogP contribution in [0.5, 0.6) is 0 Å². The summed E-state index contributed by atoms with van der Waals surface area (Å²) in [6.45, 7) is 0. The highest BCUT2D eigenvalue weighted by Gasteiger charge is 2.34. The molecular weight excluding hydrogens is 464 g/mol. The van der Waals surface area contributed by atoms with Crippen molar-refractivity contribution in [2.45, 2.75) is 12.4 Å². The smallest absolute Gasteiger partial charge is 0.417 e. The van der Waals surface area contributed by atoms with Crippen LogP contribution in [0.1, 0.15) is 16.9 Å². The minimum absolute atomic E-state index is 0. The highest BCUT2D eigenvalue weighted by Crippen LogP contribution is 2.37. The summed E-state index contributed by atoms with van der Waals surface area (Å²) in [5.74, 6) is -0.805. The van der Waals surface area contributed by atoms with E-state index < -0.39 is 29.4 Å². The number of benzene rings is 2. The van der Waals surface area contributed by atoms with Crippen LogP contribution in [0.4, 0.5) is 32.0 Å². The predicted octanol–water partition coefficient (Wildman–Crippen LogP) is 6.46. The molecule has 0 radical (unpaired) electrons. The quantitative estimate of drug-likeness (QED) is 0.346. The summed E-state index contributed by atoms with van der Waals surface area (Å²) in [6, 6.07) is 9.96. The molecule has 1 amide bonds. The molecule has 0 saturated carbocycles. The summed E-state index contributed by atoms with van der Waals surface area (Å²) in [4.78, 5) is 12.0. The molecule has 0 fully saturated rings. The number of carbonyl (C=O) groups is 1. The summed E-state index contributed by atoms with van der Waals surface area (Å²) in [5, 5.41) is 2.11. The van der Waals surface area contributed by atoms with Gasteiger partial charge in [0.1, 0.15) is 11.5 Å². The van der Waals surface area contributed by atoms with Crippen LogP contribution in [0.15, 0.2) is 65.1 Å². The molecule has 4 nitrogen and oxygen atoms in total. The Morgan fingerprint density at radius 3 is 2.28 bits per heavy atom. The van der Waals surface area contributed by atoms with Gasteiger partial charge >= 0.3 is 12.4 Å². The van der Waals surface area contributed by atoms with Crippen molar-refractivity contribution < 1.29 is 41.0 Å². The van der Waals surface area contributed by atoms with Gasteiger partial charge in [-0.1, -0.05) is 29.8 Å². The lowest BCUT2D eigenvalue weighted by Gasteiger charge is -2.10. The second-order valence-corrected chi connectivity index (χ2v) is 6.67. The van der Waals surface area contributed by atoms with Gasteiger partial charge in [0.25, 0.3) is 0 Å². The van der Waals surface area contributed by atoms with Gasteiger partial charge < -0.3 is 15.2 Å². The molecule has 3 N–H and O–H groups in total. The fraction of sp³-hybridized carbons (Fsp3) is 0.0952. The van der Waals surface area contributed by atoms with E-state index in [1.165, 1.54) is 30.3 Å². The highest BCUT2D eigenvalue weighted by atomic mass is 35.5. The number of nitrogens with one attached hydrogen (secondary N) is 1. The third kappa shape index (κ3) is 5.92. The van der Waals surface area contributed by atoms with Crippen molar-refractivity contribution in [2.24, 2.45) is 0 Å². The van der Waals surface area contributed by atoms with Crippen LogP contribution < -0.4 is 5.32 Å². The lowest BCUT2D eigenvalue weighted by Crippen LogP contribution is -2.10. The van der Waals surface area contributed by atoms with E-state index in [1.807, 2.05) is 0 Å². The predicted molar refractivity (Wildman–Crippen MR) is 107 cm³/mol. The fourth-order valence-electron chi connectivity index (χ4n) is 2.66. The van der Waals surface area contributed by atoms with Gasteiger partial charge in [-0.15, -0.1) is 0 Å². The number of carbonyl (C=O) groups excluding carboxylic acids is 1. The normalized spacial score (nSPS) is 12.0. The Bertz CT molecular complexity index is 1140. The molecule has 2 aromatic carbocycles. The maximum atomic E-state index is 13.1. The minimum Gasteiger partial charge on any atom is -0.457 e. The Kier molecular flexibility index (Phi) is 7.42. The first-order valence-electron chi connectivity index (χ1n) is 8.57. The van der Waals surface area contributed by atoms with Crippen molar-refractivity contribution in [2.75, 3.05) is 5.32 Å². The van der Waals surface area contributed by atoms with Crippen molar-refractivity contribution in [3.8, 4) is 11.3 Å². The molecule has 1 heterocycles. The van der Waals surface area contributed by atoms with Crippen molar-refractivity contribution in [1.29, 1.82) is 0 Å². The number of furan rings is 1. The Morgan fingerprint density at radius 1 is 0.938 bits per heavy atom. The van der Waals surface area contributed by atoms with Crippen molar-refractivity contribution in [3.05, 3.63) is 82.6 Å². The van der Waals surface area contributed by atoms with Gasteiger partial charge in [-0.05, 0) is 42.5 Å². The number of amides is 1. The Labute approximate surface area is 182 Å². The van der Waals surface area contributed by atoms with E-state index in [0.717, 1.165) is 30.4 Å². The molecule has 0 aliphatic heterocycles. The lowest BCUT2D eigenvalue weighted by molar-refractivity contribution is -0.138. The third-order valence-electron chi connectivity index (χ3n) is 4.08. The van der Waals surface area contributed by atoms with Gasteiger partial charge in [-0.25, -0.2) is 0 Å². The maximum Gasteiger partial charge on any atom is 0.417 e. The summed E-state index contributed by atoms with van der Waals surface area (Å²) >= 11 is 5.81. The van der Waals surface area contributed by atoms with Crippen molar-refractivity contribution >= 4 is 29.3 Å². The minimum atomic E-state index is -4.61. The summed E-state index contributed by atoms with van der Waals surface area (Å²) in [6.07, 6.45) is -7.08. The third-order valence-corrected chi connectivity index (χ3v) is 4.40. The van der Waals surface area contributed by atoms with Gasteiger partial charge in [-0.2, -0.15) is 26.3 Å². The van der Waals surface area contributed by atoms with Crippen molar-refractivity contribution in [1.82, 2.24) is 0 Å². The molecule has 32 heavy (non-hydrogen) atoms. The maximum absolute atomic E-state index is 13.1. The van der Waals surface area contributed by atoms with Crippen LogP contribution in [0.25, 0.3) is 17.4 Å². The number of alkyl halides is 6. The lowest BCUT2D eigenvalue weighted by atomic mass is 10.1. The molecule has 0 bridgehead atoms. The highest BCUT2D eigenvalue weighted by molar-refractivity contribution is 6.33. The molecule has 0 spiro atoms. The topological polar surface area (TPSA) is 73.7 Å². The average molecular weight is 478 g/mol. The van der Waals surface area contributed by atoms with Crippen LogP contribution >= 0.6 is 11.6 Å². The average Bonchev–Trinajstić information content (AvgIpc) is 3.15. The first-order chi connectivity index (χ1) is 14.4. The Balaban J connectivity index is 0.00000363. The summed E-state index contributed by atoms with van der Waals surface area (Å²) < 4.78 is 83.2. The van der Waals surface area contributed by atoms with Crippen LogP contribution in [0.2, 0.25) is 5.02 Å². The van der Waals surface area contributed by atoms with Crippen LogP contribution in [-0.4, -0.2) is 11.4 Å². The second kappa shape index (κ2) is 9.49. The van der Waals surface area contributed by atoms with E-state index in [9.17, 15) is 31.1 Å². The molecule has 0 unspecified atom stereocenters. The summed E-state index contributed by atoms with van der Waals surface area (Å²) in [5.41, 5.74) is -2.28. The molecule has 3 aromatic rings. The van der Waals surface area contributed by atoms with E-state index >= 15 is 0 Å². The molecule has 170 valence electrons. The monoisotopic (exact) mass is 477 g/mol. The first kappa shape index (κ1) is 25.0. The zero-order chi connectivity index (χ0) is 22.8. The van der Waals surface area contributed by atoms with E-state index in [1.54, 1.807) is 0 Å². The van der Waals surface area contributed by atoms with Gasteiger partial charge in [-0.3, -0.25) is 4.79 Å². The fourth-order valence-corrected chi connectivity index (χ4v) is 2.83. The van der Waals surface area contributed by atoms with Crippen molar-refractivity contribution in [3.63, 3.8) is 0 Å². The number of hydrogen-bond acceptors (Lipinski definition) is 2. The number of rotatable bonds is 4. The molecule has 0 aliphatic carbocycles. The molecule has 11 heteroatoms. The largest absolute Gasteiger partial charge is 0.457 e. The number of hydrogen-bond donors (Lipinski definition) is 1. The van der Waals surface area contributed by atoms with Gasteiger partial charge in [0.05, 0.1) is 21.8 Å². The zero-order valence-electron chi connectivity index (χ0n) is 15.8. The number of anilines is 1. The Morgan fingerprint density at radius 2 is 1.62 bits per heavy atom. The van der Waals surface area contributed by atoms with Gasteiger partial charge in [0.2, 0.25) is 5.91 Å². The Hall–Kier alpha value is -3.24. The van der Waals surface area contributed by atoms with E-state index in [0.29, 0.717) is 6.07 Å². The SMILES string of the molecule is O.O=C(/C=C/c1ccc(-c2ccccc2C(F)(F)F)o1)Nc1cc(C(F)(F)F)ccc1Cl. The molecule has 0 atom stereocenters. The van der Waals surface area contributed by atoms with Crippen LogP contribution in [0, 0.1) is 0 Å². The van der Waals surface area contributed by atoms with E-state index in [-0.39, 0.29) is 33.3 Å². The molecule has 0 aliphatic rings. The molecular formula is C21H14ClF6NO3. The van der Waals surface area contributed by atoms with E-state index in [4.69, 9.17) is 16.0 Å². The molecule has 1 aromatic heterocycles. The van der Waals surface area contributed by atoms with E-state index in [2.05, 4.69) is 5.32 Å². The van der Waals surface area contributed by atoms with Crippen LogP contribution in [-0.2, 0) is 17.1 Å². The molecule has 0 saturated heterocycles. The van der Waals surface area contributed by atoms with Gasteiger partial charge in [0.15, 0.2) is 0 Å². The number of halogens is 7. The molecule has 3 rings (SSSR count). The zero-order valence-corrected chi connectivity index (χ0v) is 16.6. The first-order valence-corrected chi connectivity index (χ1v) is 8.95. The second-order valence-electron chi connectivity index (χ2n) is 6.26. The summed E-state index contributed by atoms with van der Waals surface area (Å²) in [7, 11) is 0. The van der Waals surface area contributed by atoms with Crippen LogP contribution in [0.3, 0.4) is 0 Å². The standard InChI is InChI=1S/C21H12ClF6NO2.H2O/c22-16-8-5-12(20(23,24)25)11-17(16)29-19(30)10-7-13-6-9-18(31-13)14-3-1-2-4-15(14)21(26,27)28;/h1-11H,(H,29,30);1H2/b10-7+;. The van der Waals surface area contributed by atoms with Gasteiger partial charge in [0, 0.05) is 11.6 Å².